The van der Waals surface area contributed by atoms with E-state index >= 15 is 0 Å². The van der Waals surface area contributed by atoms with Crippen molar-refractivity contribution in [1.29, 1.82) is 0 Å². The first-order valence-corrected chi connectivity index (χ1v) is 11.4. The molecule has 1 atom stereocenters. The highest BCUT2D eigenvalue weighted by atomic mass is 35.5. The van der Waals surface area contributed by atoms with Crippen molar-refractivity contribution < 1.29 is 27.2 Å². The lowest BCUT2D eigenvalue weighted by Crippen LogP contribution is -2.42. The number of pyridine rings is 1. The van der Waals surface area contributed by atoms with Crippen LogP contribution < -0.4 is 0 Å². The Balaban J connectivity index is 1.80. The maximum Gasteiger partial charge on any atom is 0.435 e. The molecule has 0 fully saturated rings. The highest BCUT2D eigenvalue weighted by molar-refractivity contribution is 6.35. The van der Waals surface area contributed by atoms with Crippen LogP contribution in [0, 0.1) is 11.2 Å². The van der Waals surface area contributed by atoms with Gasteiger partial charge in [0.2, 0.25) is 0 Å². The topological polar surface area (TPSA) is 51.5 Å². The van der Waals surface area contributed by atoms with Gasteiger partial charge in [-0.3, -0.25) is 9.78 Å². The summed E-state index contributed by atoms with van der Waals surface area (Å²) in [7, 11) is 0. The Morgan fingerprint density at radius 3 is 2.34 bits per heavy atom. The predicted octanol–water partition coefficient (Wildman–Crippen LogP) is 7.88. The van der Waals surface area contributed by atoms with Gasteiger partial charge in [-0.15, -0.1) is 0 Å². The number of halogens is 6. The predicted molar refractivity (Wildman–Crippen MR) is 127 cm³/mol. The average molecular weight is 527 g/mol. The Morgan fingerprint density at radius 2 is 1.74 bits per heavy atom. The van der Waals surface area contributed by atoms with Crippen LogP contribution in [-0.4, -0.2) is 22.7 Å². The van der Waals surface area contributed by atoms with Gasteiger partial charge < -0.3 is 4.84 Å². The number of Topliss-reactive ketones (excluding diaryl/α,β-unsaturated/α-hetero) is 1. The van der Waals surface area contributed by atoms with E-state index in [1.165, 1.54) is 12.4 Å². The molecule has 0 amide bonds. The highest BCUT2D eigenvalue weighted by Gasteiger charge is 2.62. The monoisotopic (exact) mass is 526 g/mol. The molecule has 0 aliphatic carbocycles. The second-order valence-electron chi connectivity index (χ2n) is 9.63. The maximum absolute atomic E-state index is 14.4. The molecule has 0 N–H and O–H groups in total. The second kappa shape index (κ2) is 8.75. The third-order valence-electron chi connectivity index (χ3n) is 5.76. The summed E-state index contributed by atoms with van der Waals surface area (Å²) in [4.78, 5) is 22.1. The van der Waals surface area contributed by atoms with Crippen molar-refractivity contribution in [2.24, 2.45) is 10.6 Å². The molecule has 2 aromatic carbocycles. The van der Waals surface area contributed by atoms with E-state index in [2.05, 4.69) is 10.1 Å². The smallest absolute Gasteiger partial charge is 0.374 e. The Labute approximate surface area is 208 Å². The van der Waals surface area contributed by atoms with Crippen molar-refractivity contribution in [3.05, 3.63) is 75.3 Å². The van der Waals surface area contributed by atoms with Gasteiger partial charge in [0, 0.05) is 47.3 Å². The number of benzene rings is 2. The summed E-state index contributed by atoms with van der Waals surface area (Å²) in [6.07, 6.45) is -2.37. The van der Waals surface area contributed by atoms with Crippen LogP contribution in [-0.2, 0) is 10.4 Å². The maximum atomic E-state index is 14.4. The van der Waals surface area contributed by atoms with E-state index in [9.17, 15) is 22.4 Å². The van der Waals surface area contributed by atoms with Crippen LogP contribution in [0.4, 0.5) is 17.6 Å². The third kappa shape index (κ3) is 4.61. The zero-order valence-electron chi connectivity index (χ0n) is 18.9. The highest BCUT2D eigenvalue weighted by Crippen LogP contribution is 2.50. The number of fused-ring (bicyclic) bond motifs is 1. The van der Waals surface area contributed by atoms with Crippen LogP contribution in [0.15, 0.2) is 47.9 Å². The molecule has 184 valence electrons. The number of hydrogen-bond donors (Lipinski definition) is 0. The molecule has 1 unspecified atom stereocenters. The summed E-state index contributed by atoms with van der Waals surface area (Å²) in [5, 5.41) is 3.66. The lowest BCUT2D eigenvalue weighted by atomic mass is 9.84. The summed E-state index contributed by atoms with van der Waals surface area (Å²) in [6.45, 7) is 5.82. The van der Waals surface area contributed by atoms with Gasteiger partial charge in [-0.1, -0.05) is 61.3 Å². The number of aromatic nitrogens is 1. The van der Waals surface area contributed by atoms with Gasteiger partial charge in [0.25, 0.3) is 5.60 Å². The van der Waals surface area contributed by atoms with Crippen molar-refractivity contribution in [2.75, 3.05) is 0 Å². The molecule has 1 aromatic heterocycles. The van der Waals surface area contributed by atoms with Gasteiger partial charge in [-0.05, 0) is 29.0 Å². The number of ketones is 1. The summed E-state index contributed by atoms with van der Waals surface area (Å²) in [5.74, 6) is -1.13. The molecule has 0 bridgehead atoms. The molecule has 0 radical (unpaired) electrons. The molecule has 4 nitrogen and oxygen atoms in total. The van der Waals surface area contributed by atoms with Crippen molar-refractivity contribution in [1.82, 2.24) is 4.98 Å². The quantitative estimate of drug-likeness (QED) is 0.197. The second-order valence-corrected chi connectivity index (χ2v) is 10.4. The molecular weight excluding hydrogens is 507 g/mol. The lowest BCUT2D eigenvalue weighted by Gasteiger charge is -2.29. The zero-order chi connectivity index (χ0) is 25.8. The normalized spacial score (nSPS) is 18.5. The van der Waals surface area contributed by atoms with E-state index in [1.807, 2.05) is 20.8 Å². The number of alkyl halides is 3. The fourth-order valence-electron chi connectivity index (χ4n) is 4.10. The molecule has 1 aliphatic rings. The van der Waals surface area contributed by atoms with Gasteiger partial charge >= 0.3 is 6.18 Å². The van der Waals surface area contributed by atoms with Gasteiger partial charge in [0.1, 0.15) is 0 Å². The minimum absolute atomic E-state index is 0.00455. The Kier molecular flexibility index (Phi) is 6.34. The third-order valence-corrected chi connectivity index (χ3v) is 6.31. The SMILES string of the molecule is CC(C)(C)CC(=O)c1ccc(C2=NOC(c3cc(Cl)c(F)c(Cl)c3)(C(F)(F)F)C2)c2ccncc12. The Bertz CT molecular complexity index is 1340. The van der Waals surface area contributed by atoms with Crippen molar-refractivity contribution >= 4 is 45.5 Å². The molecule has 0 saturated carbocycles. The fraction of sp³-hybridized carbons (Fsp3) is 0.320. The fourth-order valence-corrected chi connectivity index (χ4v) is 4.59. The van der Waals surface area contributed by atoms with E-state index in [0.717, 1.165) is 12.1 Å². The molecular formula is C25H20Cl2F4N2O2. The first kappa shape index (κ1) is 25.4. The first-order chi connectivity index (χ1) is 16.2. The van der Waals surface area contributed by atoms with Gasteiger partial charge in [-0.2, -0.15) is 13.2 Å². The van der Waals surface area contributed by atoms with Crippen molar-refractivity contribution in [2.45, 2.75) is 45.4 Å². The van der Waals surface area contributed by atoms with Crippen LogP contribution in [0.5, 0.6) is 0 Å². The molecule has 0 saturated heterocycles. The summed E-state index contributed by atoms with van der Waals surface area (Å²) in [6, 6.07) is 6.41. The van der Waals surface area contributed by atoms with Crippen LogP contribution in [0.1, 0.15) is 55.1 Å². The summed E-state index contributed by atoms with van der Waals surface area (Å²) < 4.78 is 57.0. The summed E-state index contributed by atoms with van der Waals surface area (Å²) >= 11 is 11.6. The Morgan fingerprint density at radius 1 is 1.09 bits per heavy atom. The lowest BCUT2D eigenvalue weighted by molar-refractivity contribution is -0.275. The van der Waals surface area contributed by atoms with E-state index < -0.39 is 39.6 Å². The van der Waals surface area contributed by atoms with Crippen molar-refractivity contribution in [3.8, 4) is 0 Å². The summed E-state index contributed by atoms with van der Waals surface area (Å²) in [5.41, 5.74) is -2.85. The van der Waals surface area contributed by atoms with E-state index in [0.29, 0.717) is 21.9 Å². The van der Waals surface area contributed by atoms with Crippen LogP contribution in [0.2, 0.25) is 10.0 Å². The molecule has 3 aromatic rings. The molecule has 10 heteroatoms. The standard InChI is InChI=1S/C25H20Cl2F4N2O2/c1-23(2,3)11-21(34)16-5-4-15(14-6-7-32-12-17(14)16)20-10-24(35-33-20,25(29,30)31)13-8-18(26)22(28)19(27)9-13/h4-9,12H,10-11H2,1-3H3. The molecule has 0 spiro atoms. The van der Waals surface area contributed by atoms with Crippen LogP contribution in [0.25, 0.3) is 10.8 Å². The Hall–Kier alpha value is -2.71. The average Bonchev–Trinajstić information content (AvgIpc) is 3.22. The number of oxime groups is 1. The molecule has 35 heavy (non-hydrogen) atoms. The number of hydrogen-bond acceptors (Lipinski definition) is 4. The molecule has 2 heterocycles. The van der Waals surface area contributed by atoms with Gasteiger partial charge in [0.15, 0.2) is 11.6 Å². The number of rotatable bonds is 4. The first-order valence-electron chi connectivity index (χ1n) is 10.6. The van der Waals surface area contributed by atoms with Gasteiger partial charge in [0.05, 0.1) is 15.8 Å². The number of carbonyl (C=O) groups excluding carboxylic acids is 1. The molecule has 4 rings (SSSR count). The minimum Gasteiger partial charge on any atom is -0.374 e. The van der Waals surface area contributed by atoms with Crippen LogP contribution >= 0.6 is 23.2 Å². The zero-order valence-corrected chi connectivity index (χ0v) is 20.4. The minimum atomic E-state index is -4.93. The number of nitrogens with zero attached hydrogens (tertiary/aromatic N) is 2. The van der Waals surface area contributed by atoms with E-state index in [4.69, 9.17) is 28.0 Å². The molecule has 1 aliphatic heterocycles. The van der Waals surface area contributed by atoms with Gasteiger partial charge in [-0.25, -0.2) is 4.39 Å². The van der Waals surface area contributed by atoms with Crippen LogP contribution in [0.3, 0.4) is 0 Å². The van der Waals surface area contributed by atoms with Crippen molar-refractivity contribution in [3.63, 3.8) is 0 Å². The number of carbonyl (C=O) groups is 1. The van der Waals surface area contributed by atoms with E-state index in [-0.39, 0.29) is 23.3 Å². The largest absolute Gasteiger partial charge is 0.435 e. The van der Waals surface area contributed by atoms with E-state index in [1.54, 1.807) is 18.2 Å².